The molecule has 0 aromatic carbocycles. The number of pyridine rings is 1. The van der Waals surface area contributed by atoms with E-state index in [9.17, 15) is 0 Å². The van der Waals surface area contributed by atoms with Gasteiger partial charge in [0.2, 0.25) is 0 Å². The maximum absolute atomic E-state index is 6.26. The first-order chi connectivity index (χ1) is 10.3. The fraction of sp³-hybridized carbons (Fsp3) is 0.400. The van der Waals surface area contributed by atoms with Gasteiger partial charge in [-0.2, -0.15) is 0 Å². The van der Waals surface area contributed by atoms with E-state index in [1.165, 1.54) is 25.7 Å². The summed E-state index contributed by atoms with van der Waals surface area (Å²) in [5.74, 6) is 1.47. The lowest BCUT2D eigenvalue weighted by atomic mass is 10.2. The highest BCUT2D eigenvalue weighted by Crippen LogP contribution is 2.29. The molecule has 0 radical (unpaired) electrons. The molecule has 1 aliphatic rings. The summed E-state index contributed by atoms with van der Waals surface area (Å²) in [5, 5.41) is 3.20. The first kappa shape index (κ1) is 13.6. The van der Waals surface area contributed by atoms with Crippen molar-refractivity contribution in [2.75, 3.05) is 29.0 Å². The number of nitrogens with two attached hydrogens (primary N) is 1. The van der Waals surface area contributed by atoms with Gasteiger partial charge in [0.25, 0.3) is 0 Å². The lowest BCUT2D eigenvalue weighted by Crippen LogP contribution is -2.26. The average Bonchev–Trinajstić information content (AvgIpc) is 2.80. The maximum Gasteiger partial charge on any atom is 0.159 e. The van der Waals surface area contributed by atoms with Crippen LogP contribution in [0.25, 0.3) is 0 Å². The third-order valence-corrected chi connectivity index (χ3v) is 3.69. The van der Waals surface area contributed by atoms with E-state index in [2.05, 4.69) is 25.2 Å². The van der Waals surface area contributed by atoms with Gasteiger partial charge in [0, 0.05) is 19.3 Å². The van der Waals surface area contributed by atoms with Gasteiger partial charge >= 0.3 is 0 Å². The Labute approximate surface area is 124 Å². The highest BCUT2D eigenvalue weighted by atomic mass is 15.2. The molecule has 6 heteroatoms. The number of aromatic nitrogens is 3. The molecule has 2 aromatic heterocycles. The Morgan fingerprint density at radius 3 is 2.62 bits per heavy atom. The van der Waals surface area contributed by atoms with Crippen molar-refractivity contribution in [3.8, 4) is 0 Å². The normalized spacial score (nSPS) is 15.5. The average molecular weight is 284 g/mol. The van der Waals surface area contributed by atoms with E-state index in [1.807, 2.05) is 12.1 Å². The minimum absolute atomic E-state index is 0.600. The third kappa shape index (κ3) is 3.21. The summed E-state index contributed by atoms with van der Waals surface area (Å²) >= 11 is 0. The molecule has 3 rings (SSSR count). The predicted octanol–water partition coefficient (Wildman–Crippen LogP) is 2.58. The first-order valence-corrected chi connectivity index (χ1v) is 7.37. The molecule has 0 spiro atoms. The summed E-state index contributed by atoms with van der Waals surface area (Å²) in [6.45, 7) is 2.01. The second-order valence-corrected chi connectivity index (χ2v) is 5.23. The van der Waals surface area contributed by atoms with Gasteiger partial charge in [-0.25, -0.2) is 9.97 Å². The topological polar surface area (TPSA) is 80.0 Å². The molecule has 1 saturated heterocycles. The molecule has 110 valence electrons. The molecule has 1 aliphatic heterocycles. The van der Waals surface area contributed by atoms with Gasteiger partial charge in [0.1, 0.15) is 12.0 Å². The van der Waals surface area contributed by atoms with Gasteiger partial charge < -0.3 is 16.0 Å². The molecule has 3 heterocycles. The summed E-state index contributed by atoms with van der Waals surface area (Å²) in [7, 11) is 0. The molecule has 0 saturated carbocycles. The van der Waals surface area contributed by atoms with Crippen LogP contribution in [-0.4, -0.2) is 28.0 Å². The molecule has 0 bridgehead atoms. The Hall–Kier alpha value is -2.37. The number of hydrogen-bond donors (Lipinski definition) is 2. The van der Waals surface area contributed by atoms with Crippen LogP contribution in [0.4, 0.5) is 23.0 Å². The van der Waals surface area contributed by atoms with Crippen LogP contribution < -0.4 is 16.0 Å². The van der Waals surface area contributed by atoms with Crippen LogP contribution >= 0.6 is 0 Å². The zero-order valence-electron chi connectivity index (χ0n) is 12.0. The van der Waals surface area contributed by atoms with Gasteiger partial charge in [0.05, 0.1) is 11.9 Å². The Balaban J connectivity index is 1.84. The maximum atomic E-state index is 6.26. The summed E-state index contributed by atoms with van der Waals surface area (Å²) in [6.07, 6.45) is 9.98. The van der Waals surface area contributed by atoms with Gasteiger partial charge in [-0.3, -0.25) is 4.98 Å². The van der Waals surface area contributed by atoms with Crippen molar-refractivity contribution < 1.29 is 0 Å². The number of rotatable bonds is 3. The third-order valence-electron chi connectivity index (χ3n) is 3.69. The summed E-state index contributed by atoms with van der Waals surface area (Å²) in [6, 6.07) is 3.80. The molecule has 6 nitrogen and oxygen atoms in total. The minimum Gasteiger partial charge on any atom is -0.393 e. The van der Waals surface area contributed by atoms with Crippen LogP contribution in [0.3, 0.4) is 0 Å². The van der Waals surface area contributed by atoms with Gasteiger partial charge in [0.15, 0.2) is 11.6 Å². The van der Waals surface area contributed by atoms with Gasteiger partial charge in [-0.15, -0.1) is 0 Å². The van der Waals surface area contributed by atoms with E-state index in [-0.39, 0.29) is 0 Å². The highest BCUT2D eigenvalue weighted by Gasteiger charge is 2.16. The van der Waals surface area contributed by atoms with Crippen molar-refractivity contribution in [3.63, 3.8) is 0 Å². The molecule has 2 aromatic rings. The molecule has 0 atom stereocenters. The monoisotopic (exact) mass is 284 g/mol. The van der Waals surface area contributed by atoms with Crippen LogP contribution in [-0.2, 0) is 0 Å². The quantitative estimate of drug-likeness (QED) is 0.901. The Morgan fingerprint density at radius 1 is 1.10 bits per heavy atom. The molecule has 0 amide bonds. The Kier molecular flexibility index (Phi) is 4.14. The van der Waals surface area contributed by atoms with E-state index < -0.39 is 0 Å². The predicted molar refractivity (Wildman–Crippen MR) is 84.6 cm³/mol. The smallest absolute Gasteiger partial charge is 0.159 e. The summed E-state index contributed by atoms with van der Waals surface area (Å²) < 4.78 is 0. The first-order valence-electron chi connectivity index (χ1n) is 7.37. The molecule has 0 aliphatic carbocycles. The van der Waals surface area contributed by atoms with Crippen LogP contribution in [0.2, 0.25) is 0 Å². The lowest BCUT2D eigenvalue weighted by Gasteiger charge is -2.23. The standard InChI is InChI=1S/C15H20N6/c16-13-14(20-12-6-5-7-17-10-12)18-11-19-15(13)21-8-3-1-2-4-9-21/h5-7,10-11H,1-4,8-9,16H2,(H,18,19,20). The van der Waals surface area contributed by atoms with E-state index in [4.69, 9.17) is 5.73 Å². The van der Waals surface area contributed by atoms with Crippen molar-refractivity contribution >= 4 is 23.0 Å². The zero-order chi connectivity index (χ0) is 14.5. The number of hydrogen-bond acceptors (Lipinski definition) is 6. The minimum atomic E-state index is 0.600. The SMILES string of the molecule is Nc1c(Nc2cccnc2)ncnc1N1CCCCCC1. The van der Waals surface area contributed by atoms with Crippen molar-refractivity contribution in [2.45, 2.75) is 25.7 Å². The summed E-state index contributed by atoms with van der Waals surface area (Å²) in [5.41, 5.74) is 7.73. The van der Waals surface area contributed by atoms with E-state index in [1.54, 1.807) is 18.7 Å². The van der Waals surface area contributed by atoms with Gasteiger partial charge in [-0.05, 0) is 25.0 Å². The molecule has 1 fully saturated rings. The molecule has 3 N–H and O–H groups in total. The number of nitrogen functional groups attached to an aromatic ring is 1. The summed E-state index contributed by atoms with van der Waals surface area (Å²) in [4.78, 5) is 15.0. The Bertz CT molecular complexity index is 578. The fourth-order valence-corrected chi connectivity index (χ4v) is 2.59. The second kappa shape index (κ2) is 6.39. The van der Waals surface area contributed by atoms with Crippen LogP contribution in [0.5, 0.6) is 0 Å². The van der Waals surface area contributed by atoms with Crippen molar-refractivity contribution in [2.24, 2.45) is 0 Å². The van der Waals surface area contributed by atoms with Crippen LogP contribution in [0.1, 0.15) is 25.7 Å². The van der Waals surface area contributed by atoms with E-state index >= 15 is 0 Å². The highest BCUT2D eigenvalue weighted by molar-refractivity contribution is 5.78. The van der Waals surface area contributed by atoms with Gasteiger partial charge in [-0.1, -0.05) is 12.8 Å². The molecule has 21 heavy (non-hydrogen) atoms. The molecule has 0 unspecified atom stereocenters. The van der Waals surface area contributed by atoms with E-state index in [0.717, 1.165) is 24.6 Å². The Morgan fingerprint density at radius 2 is 1.90 bits per heavy atom. The van der Waals surface area contributed by atoms with Crippen LogP contribution in [0, 0.1) is 0 Å². The van der Waals surface area contributed by atoms with Crippen LogP contribution in [0.15, 0.2) is 30.9 Å². The number of anilines is 4. The lowest BCUT2D eigenvalue weighted by molar-refractivity contribution is 0.726. The molecular formula is C15H20N6. The number of nitrogens with zero attached hydrogens (tertiary/aromatic N) is 4. The molecular weight excluding hydrogens is 264 g/mol. The number of nitrogens with one attached hydrogen (secondary N) is 1. The fourth-order valence-electron chi connectivity index (χ4n) is 2.59. The largest absolute Gasteiger partial charge is 0.393 e. The second-order valence-electron chi connectivity index (χ2n) is 5.23. The zero-order valence-corrected chi connectivity index (χ0v) is 12.0. The van der Waals surface area contributed by atoms with E-state index in [0.29, 0.717) is 11.5 Å². The van der Waals surface area contributed by atoms with Crippen molar-refractivity contribution in [1.82, 2.24) is 15.0 Å². The van der Waals surface area contributed by atoms with Crippen molar-refractivity contribution in [3.05, 3.63) is 30.9 Å². The van der Waals surface area contributed by atoms with Crippen molar-refractivity contribution in [1.29, 1.82) is 0 Å².